The number of phenols is 1. The molecule has 1 atom stereocenters. The highest BCUT2D eigenvalue weighted by molar-refractivity contribution is 6.34. The van der Waals surface area contributed by atoms with E-state index < -0.39 is 17.4 Å². The van der Waals surface area contributed by atoms with E-state index in [0.717, 1.165) is 6.07 Å². The van der Waals surface area contributed by atoms with Crippen LogP contribution in [0.2, 0.25) is 5.02 Å². The number of aromatic nitrogens is 2. The number of piperazine rings is 1. The van der Waals surface area contributed by atoms with Gasteiger partial charge in [-0.1, -0.05) is 24.2 Å². The molecule has 1 aromatic heterocycles. The average Bonchev–Trinajstić information content (AvgIpc) is 2.87. The molecule has 1 amide bonds. The number of phenolic OH excluding ortho intramolecular Hbond substituents is 1. The first-order chi connectivity index (χ1) is 18.4. The van der Waals surface area contributed by atoms with Crippen molar-refractivity contribution in [2.45, 2.75) is 25.4 Å². The van der Waals surface area contributed by atoms with Gasteiger partial charge in [0.25, 0.3) is 0 Å². The molecule has 0 unspecified atom stereocenters. The number of likely N-dealkylation sites (N-methyl/N-ethyl adjacent to an activating group) is 1. The maximum absolute atomic E-state index is 16.3. The number of benzene rings is 2. The molecule has 3 aromatic rings. The van der Waals surface area contributed by atoms with E-state index in [9.17, 15) is 14.3 Å². The molecule has 0 aliphatic carbocycles. The molecule has 5 rings (SSSR count). The normalized spacial score (nSPS) is 19.0. The number of fused-ring (bicyclic) bond motifs is 1. The number of hydrogen-bond acceptors (Lipinski definition) is 7. The predicted molar refractivity (Wildman–Crippen MR) is 149 cm³/mol. The third kappa shape index (κ3) is 4.55. The molecule has 3 heterocycles. The zero-order valence-electron chi connectivity index (χ0n) is 22.4. The number of carbonyl (C=O) groups excluding carboxylic acids is 1. The quantitative estimate of drug-likeness (QED) is 0.470. The number of aromatic hydroxyl groups is 1. The van der Waals surface area contributed by atoms with E-state index in [4.69, 9.17) is 16.6 Å². The molecule has 11 heteroatoms. The molecular formula is C28H31ClF2N6O2. The molecule has 0 saturated carbocycles. The summed E-state index contributed by atoms with van der Waals surface area (Å²) in [5.74, 6) is -1.39. The van der Waals surface area contributed by atoms with Crippen molar-refractivity contribution in [1.82, 2.24) is 19.8 Å². The second-order valence-electron chi connectivity index (χ2n) is 10.7. The fourth-order valence-electron chi connectivity index (χ4n) is 5.34. The Morgan fingerprint density at radius 2 is 1.92 bits per heavy atom. The molecule has 0 spiro atoms. The summed E-state index contributed by atoms with van der Waals surface area (Å²) in [6.07, 6.45) is 1.30. The Morgan fingerprint density at radius 3 is 2.54 bits per heavy atom. The molecule has 2 aromatic carbocycles. The van der Waals surface area contributed by atoms with Crippen molar-refractivity contribution in [3.63, 3.8) is 0 Å². The van der Waals surface area contributed by atoms with Crippen molar-refractivity contribution >= 4 is 40.2 Å². The lowest BCUT2D eigenvalue weighted by atomic mass is 9.91. The summed E-state index contributed by atoms with van der Waals surface area (Å²) in [5.41, 5.74) is -0.690. The SMILES string of the molecule is C=CC(=O)N1CCN(c2nc(N3CC(C)(N(C)C)C3)nc3c(F)c(-c4c(O)cccc4F)c(Cl)cc23)C[C@H]1C. The summed E-state index contributed by atoms with van der Waals surface area (Å²) in [4.78, 5) is 29.6. The van der Waals surface area contributed by atoms with Crippen LogP contribution in [0.15, 0.2) is 36.9 Å². The Labute approximate surface area is 231 Å². The van der Waals surface area contributed by atoms with Crippen molar-refractivity contribution in [2.24, 2.45) is 0 Å². The van der Waals surface area contributed by atoms with Crippen LogP contribution in [0.4, 0.5) is 20.5 Å². The van der Waals surface area contributed by atoms with E-state index >= 15 is 4.39 Å². The molecule has 39 heavy (non-hydrogen) atoms. The van der Waals surface area contributed by atoms with Crippen LogP contribution in [0.3, 0.4) is 0 Å². The number of hydrogen-bond donors (Lipinski definition) is 1. The van der Waals surface area contributed by atoms with Gasteiger partial charge in [-0.15, -0.1) is 0 Å². The molecule has 2 saturated heterocycles. The largest absolute Gasteiger partial charge is 0.507 e. The zero-order valence-corrected chi connectivity index (χ0v) is 23.1. The average molecular weight is 557 g/mol. The van der Waals surface area contributed by atoms with E-state index in [-0.39, 0.29) is 39.2 Å². The minimum absolute atomic E-state index is 0.0206. The van der Waals surface area contributed by atoms with Gasteiger partial charge < -0.3 is 24.7 Å². The summed E-state index contributed by atoms with van der Waals surface area (Å²) in [5, 5.41) is 10.7. The number of amides is 1. The highest BCUT2D eigenvalue weighted by Gasteiger charge is 2.42. The van der Waals surface area contributed by atoms with E-state index in [1.807, 2.05) is 30.8 Å². The van der Waals surface area contributed by atoms with Crippen LogP contribution in [-0.4, -0.2) is 89.2 Å². The van der Waals surface area contributed by atoms with Gasteiger partial charge in [-0.2, -0.15) is 4.98 Å². The Balaban J connectivity index is 1.66. The molecule has 0 bridgehead atoms. The van der Waals surface area contributed by atoms with Gasteiger partial charge in [-0.25, -0.2) is 13.8 Å². The Kier molecular flexibility index (Phi) is 6.88. The van der Waals surface area contributed by atoms with Gasteiger partial charge >= 0.3 is 0 Å². The van der Waals surface area contributed by atoms with Crippen LogP contribution in [0.25, 0.3) is 22.0 Å². The summed E-state index contributed by atoms with van der Waals surface area (Å²) < 4.78 is 31.1. The monoisotopic (exact) mass is 556 g/mol. The number of carbonyl (C=O) groups is 1. The fraction of sp³-hybridized carbons (Fsp3) is 0.393. The number of anilines is 2. The molecule has 1 N–H and O–H groups in total. The van der Waals surface area contributed by atoms with Gasteiger partial charge in [-0.05, 0) is 52.2 Å². The molecular weight excluding hydrogens is 526 g/mol. The summed E-state index contributed by atoms with van der Waals surface area (Å²) in [6, 6.07) is 5.13. The van der Waals surface area contributed by atoms with Crippen LogP contribution >= 0.6 is 11.6 Å². The van der Waals surface area contributed by atoms with Gasteiger partial charge in [0, 0.05) is 49.7 Å². The van der Waals surface area contributed by atoms with E-state index in [2.05, 4.69) is 23.4 Å². The first-order valence-corrected chi connectivity index (χ1v) is 13.1. The Morgan fingerprint density at radius 1 is 1.21 bits per heavy atom. The van der Waals surface area contributed by atoms with Crippen LogP contribution in [0.1, 0.15) is 13.8 Å². The van der Waals surface area contributed by atoms with Crippen molar-refractivity contribution in [2.75, 3.05) is 56.6 Å². The third-order valence-electron chi connectivity index (χ3n) is 7.90. The van der Waals surface area contributed by atoms with Crippen LogP contribution < -0.4 is 9.80 Å². The Hall–Kier alpha value is -3.50. The Bertz CT molecular complexity index is 1460. The zero-order chi connectivity index (χ0) is 28.2. The summed E-state index contributed by atoms with van der Waals surface area (Å²) in [7, 11) is 4.01. The molecule has 206 valence electrons. The van der Waals surface area contributed by atoms with E-state index in [1.165, 1.54) is 24.3 Å². The maximum Gasteiger partial charge on any atom is 0.246 e. The molecule has 2 aliphatic heterocycles. The molecule has 8 nitrogen and oxygen atoms in total. The summed E-state index contributed by atoms with van der Waals surface area (Å²) in [6.45, 7) is 10.3. The highest BCUT2D eigenvalue weighted by Crippen LogP contribution is 2.43. The first kappa shape index (κ1) is 27.1. The lowest BCUT2D eigenvalue weighted by Gasteiger charge is -2.52. The fourth-order valence-corrected chi connectivity index (χ4v) is 5.62. The van der Waals surface area contributed by atoms with Crippen LogP contribution in [0, 0.1) is 11.6 Å². The number of nitrogens with zero attached hydrogens (tertiary/aromatic N) is 6. The topological polar surface area (TPSA) is 76.0 Å². The van der Waals surface area contributed by atoms with Crippen molar-refractivity contribution in [3.05, 3.63) is 53.6 Å². The standard InChI is InChI=1S/C28H31ClF2N6O2/c1-6-21(39)37-11-10-35(13-16(37)2)26-17-12-18(29)22(23-19(30)8-7-9-20(23)38)24(31)25(17)32-27(33-26)36-14-28(3,15-36)34(4)5/h6-9,12,16,38H,1,10-11,13-15H2,2-5H3/t16-/m1/s1. The number of halogens is 3. The number of rotatable bonds is 5. The smallest absolute Gasteiger partial charge is 0.246 e. The molecule has 2 aliphatic rings. The van der Waals surface area contributed by atoms with Gasteiger partial charge in [0.05, 0.1) is 16.1 Å². The predicted octanol–water partition coefficient (Wildman–Crippen LogP) is 4.30. The van der Waals surface area contributed by atoms with Crippen molar-refractivity contribution < 1.29 is 18.7 Å². The van der Waals surface area contributed by atoms with E-state index in [1.54, 1.807) is 4.90 Å². The van der Waals surface area contributed by atoms with Gasteiger partial charge in [-0.3, -0.25) is 4.79 Å². The van der Waals surface area contributed by atoms with Gasteiger partial charge in [0.15, 0.2) is 5.82 Å². The third-order valence-corrected chi connectivity index (χ3v) is 8.20. The van der Waals surface area contributed by atoms with E-state index in [0.29, 0.717) is 49.9 Å². The van der Waals surface area contributed by atoms with Crippen molar-refractivity contribution in [3.8, 4) is 16.9 Å². The second kappa shape index (κ2) is 9.91. The lowest BCUT2D eigenvalue weighted by molar-refractivity contribution is -0.128. The second-order valence-corrected chi connectivity index (χ2v) is 11.1. The summed E-state index contributed by atoms with van der Waals surface area (Å²) >= 11 is 6.55. The van der Waals surface area contributed by atoms with Crippen LogP contribution in [-0.2, 0) is 4.79 Å². The molecule has 2 fully saturated rings. The van der Waals surface area contributed by atoms with Crippen LogP contribution in [0.5, 0.6) is 5.75 Å². The first-order valence-electron chi connectivity index (χ1n) is 12.7. The lowest BCUT2D eigenvalue weighted by Crippen LogP contribution is -2.67. The minimum Gasteiger partial charge on any atom is -0.507 e. The van der Waals surface area contributed by atoms with Gasteiger partial charge in [0.1, 0.15) is 22.9 Å². The minimum atomic E-state index is -0.841. The maximum atomic E-state index is 16.3. The highest BCUT2D eigenvalue weighted by atomic mass is 35.5. The van der Waals surface area contributed by atoms with Crippen molar-refractivity contribution in [1.29, 1.82) is 0 Å². The molecule has 0 radical (unpaired) electrons. The van der Waals surface area contributed by atoms with Gasteiger partial charge in [0.2, 0.25) is 11.9 Å².